The van der Waals surface area contributed by atoms with Crippen LogP contribution in [0.2, 0.25) is 0 Å². The minimum atomic E-state index is -5.16. The highest BCUT2D eigenvalue weighted by Crippen LogP contribution is 2.34. The van der Waals surface area contributed by atoms with Crippen LogP contribution in [0.3, 0.4) is 0 Å². The van der Waals surface area contributed by atoms with Crippen molar-refractivity contribution in [1.29, 1.82) is 5.41 Å². The summed E-state index contributed by atoms with van der Waals surface area (Å²) in [5.41, 5.74) is -3.60. The maximum atomic E-state index is 12.1. The third-order valence-electron chi connectivity index (χ3n) is 1.70. The molecule has 0 aromatic rings. The SMILES string of the molecule is CC(C(=O)O)C(O)(C=N)C(F)(F)F. The van der Waals surface area contributed by atoms with Gasteiger partial charge in [0.1, 0.15) is 0 Å². The van der Waals surface area contributed by atoms with Gasteiger partial charge in [0.05, 0.1) is 5.92 Å². The van der Waals surface area contributed by atoms with E-state index >= 15 is 0 Å². The maximum Gasteiger partial charge on any atom is 0.423 e. The predicted molar refractivity (Wildman–Crippen MR) is 36.6 cm³/mol. The smallest absolute Gasteiger partial charge is 0.423 e. The molecule has 0 bridgehead atoms. The molecule has 0 aliphatic rings. The lowest BCUT2D eigenvalue weighted by Gasteiger charge is -2.29. The Balaban J connectivity index is 5.06. The Kier molecular flexibility index (Phi) is 3.04. The number of aliphatic carboxylic acids is 1. The Bertz CT molecular complexity index is 228. The molecular formula is C6H8F3NO3. The van der Waals surface area contributed by atoms with Gasteiger partial charge in [-0.15, -0.1) is 0 Å². The topological polar surface area (TPSA) is 81.4 Å². The minimum Gasteiger partial charge on any atom is -0.481 e. The van der Waals surface area contributed by atoms with E-state index in [0.717, 1.165) is 0 Å². The summed E-state index contributed by atoms with van der Waals surface area (Å²) in [6, 6.07) is 0. The van der Waals surface area contributed by atoms with Gasteiger partial charge in [-0.3, -0.25) is 4.79 Å². The molecule has 3 N–H and O–H groups in total. The summed E-state index contributed by atoms with van der Waals surface area (Å²) in [4.78, 5) is 10.2. The Morgan fingerprint density at radius 3 is 2.00 bits per heavy atom. The summed E-state index contributed by atoms with van der Waals surface area (Å²) in [7, 11) is 0. The van der Waals surface area contributed by atoms with E-state index in [9.17, 15) is 18.0 Å². The van der Waals surface area contributed by atoms with Crippen molar-refractivity contribution in [3.63, 3.8) is 0 Å². The van der Waals surface area contributed by atoms with Gasteiger partial charge in [0.15, 0.2) is 0 Å². The molecule has 0 radical (unpaired) electrons. The van der Waals surface area contributed by atoms with Crippen LogP contribution in [0, 0.1) is 11.3 Å². The molecule has 2 atom stereocenters. The van der Waals surface area contributed by atoms with Crippen LogP contribution in [0.1, 0.15) is 6.92 Å². The summed E-state index contributed by atoms with van der Waals surface area (Å²) < 4.78 is 36.2. The number of hydrogen-bond donors (Lipinski definition) is 3. The lowest BCUT2D eigenvalue weighted by molar-refractivity contribution is -0.245. The normalized spacial score (nSPS) is 18.8. The number of halogens is 3. The molecule has 0 aromatic heterocycles. The number of aliphatic hydroxyl groups is 1. The van der Waals surface area contributed by atoms with E-state index in [1.54, 1.807) is 0 Å². The van der Waals surface area contributed by atoms with Crippen molar-refractivity contribution in [2.75, 3.05) is 0 Å². The summed E-state index contributed by atoms with van der Waals surface area (Å²) in [5.74, 6) is -3.92. The zero-order chi connectivity index (χ0) is 10.9. The van der Waals surface area contributed by atoms with Crippen LogP contribution < -0.4 is 0 Å². The zero-order valence-corrected chi connectivity index (χ0v) is 6.59. The second-order valence-corrected chi connectivity index (χ2v) is 2.53. The molecule has 4 nitrogen and oxygen atoms in total. The van der Waals surface area contributed by atoms with Crippen molar-refractivity contribution in [3.05, 3.63) is 0 Å². The molecular weight excluding hydrogens is 191 g/mol. The van der Waals surface area contributed by atoms with Gasteiger partial charge >= 0.3 is 12.1 Å². The fourth-order valence-electron chi connectivity index (χ4n) is 0.641. The summed E-state index contributed by atoms with van der Waals surface area (Å²) in [6.45, 7) is 0.681. The van der Waals surface area contributed by atoms with E-state index in [0.29, 0.717) is 6.92 Å². The van der Waals surface area contributed by atoms with E-state index in [-0.39, 0.29) is 6.21 Å². The summed E-state index contributed by atoms with van der Waals surface area (Å²) >= 11 is 0. The van der Waals surface area contributed by atoms with Crippen LogP contribution in [-0.4, -0.2) is 34.2 Å². The van der Waals surface area contributed by atoms with Crippen LogP contribution in [0.15, 0.2) is 0 Å². The molecule has 0 heterocycles. The van der Waals surface area contributed by atoms with Gasteiger partial charge in [0.25, 0.3) is 0 Å². The number of carboxylic acids is 1. The second kappa shape index (κ2) is 3.33. The van der Waals surface area contributed by atoms with Gasteiger partial charge in [-0.25, -0.2) is 0 Å². The molecule has 0 saturated heterocycles. The van der Waals surface area contributed by atoms with E-state index in [4.69, 9.17) is 15.6 Å². The molecule has 0 amide bonds. The Morgan fingerprint density at radius 2 is 1.92 bits per heavy atom. The van der Waals surface area contributed by atoms with E-state index in [1.807, 2.05) is 0 Å². The largest absolute Gasteiger partial charge is 0.481 e. The lowest BCUT2D eigenvalue weighted by atomic mass is 9.89. The lowest BCUT2D eigenvalue weighted by Crippen LogP contribution is -2.54. The molecule has 13 heavy (non-hydrogen) atoms. The van der Waals surface area contributed by atoms with Crippen LogP contribution in [0.5, 0.6) is 0 Å². The van der Waals surface area contributed by atoms with Crippen LogP contribution in [0.25, 0.3) is 0 Å². The number of rotatable bonds is 3. The Labute approximate surface area is 71.5 Å². The molecule has 0 rings (SSSR count). The first-order valence-corrected chi connectivity index (χ1v) is 3.20. The number of alkyl halides is 3. The molecule has 7 heteroatoms. The van der Waals surface area contributed by atoms with Crippen LogP contribution >= 0.6 is 0 Å². The quantitative estimate of drug-likeness (QED) is 0.583. The molecule has 0 fully saturated rings. The summed E-state index contributed by atoms with van der Waals surface area (Å²) in [5, 5.41) is 23.5. The minimum absolute atomic E-state index is 0.314. The van der Waals surface area contributed by atoms with Gasteiger partial charge < -0.3 is 15.6 Å². The fourth-order valence-corrected chi connectivity index (χ4v) is 0.641. The molecule has 0 aromatic carbocycles. The average Bonchev–Trinajstić information content (AvgIpc) is 1.99. The third-order valence-corrected chi connectivity index (χ3v) is 1.70. The van der Waals surface area contributed by atoms with Crippen LogP contribution in [0.4, 0.5) is 13.2 Å². The van der Waals surface area contributed by atoms with E-state index in [1.165, 1.54) is 0 Å². The number of carbonyl (C=O) groups is 1. The van der Waals surface area contributed by atoms with Gasteiger partial charge in [-0.1, -0.05) is 0 Å². The van der Waals surface area contributed by atoms with Crippen molar-refractivity contribution >= 4 is 12.2 Å². The van der Waals surface area contributed by atoms with Gasteiger partial charge in [-0.2, -0.15) is 13.2 Å². The standard InChI is InChI=1S/C6H8F3NO3/c1-3(4(11)12)5(13,2-10)6(7,8)9/h2-3,10,13H,1H3,(H,11,12). The van der Waals surface area contributed by atoms with Crippen molar-refractivity contribution in [2.45, 2.75) is 18.7 Å². The van der Waals surface area contributed by atoms with Crippen molar-refractivity contribution < 1.29 is 28.2 Å². The number of hydrogen-bond acceptors (Lipinski definition) is 3. The monoisotopic (exact) mass is 199 g/mol. The molecule has 0 saturated carbocycles. The number of nitrogens with one attached hydrogen (secondary N) is 1. The first kappa shape index (κ1) is 11.9. The van der Waals surface area contributed by atoms with E-state index < -0.39 is 23.7 Å². The third kappa shape index (κ3) is 1.97. The van der Waals surface area contributed by atoms with Crippen molar-refractivity contribution in [3.8, 4) is 0 Å². The Hall–Kier alpha value is -1.11. The first-order chi connectivity index (χ1) is 5.66. The molecule has 0 aliphatic carbocycles. The van der Waals surface area contributed by atoms with Crippen molar-refractivity contribution in [1.82, 2.24) is 0 Å². The van der Waals surface area contributed by atoms with E-state index in [2.05, 4.69) is 0 Å². The van der Waals surface area contributed by atoms with Crippen LogP contribution in [-0.2, 0) is 4.79 Å². The van der Waals surface area contributed by atoms with Gasteiger partial charge in [0, 0.05) is 6.21 Å². The predicted octanol–water partition coefficient (Wildman–Crippen LogP) is 0.650. The highest BCUT2D eigenvalue weighted by atomic mass is 19.4. The fraction of sp³-hybridized carbons (Fsp3) is 0.667. The molecule has 0 aliphatic heterocycles. The molecule has 76 valence electrons. The highest BCUT2D eigenvalue weighted by Gasteiger charge is 2.58. The Morgan fingerprint density at radius 1 is 1.54 bits per heavy atom. The maximum absolute atomic E-state index is 12.1. The second-order valence-electron chi connectivity index (χ2n) is 2.53. The zero-order valence-electron chi connectivity index (χ0n) is 6.59. The highest BCUT2D eigenvalue weighted by molar-refractivity contribution is 5.80. The van der Waals surface area contributed by atoms with Crippen molar-refractivity contribution in [2.24, 2.45) is 5.92 Å². The summed E-state index contributed by atoms with van der Waals surface area (Å²) in [6.07, 6.45) is -5.47. The van der Waals surface area contributed by atoms with Gasteiger partial charge in [-0.05, 0) is 6.92 Å². The first-order valence-electron chi connectivity index (χ1n) is 3.20. The molecule has 2 unspecified atom stereocenters. The molecule has 0 spiro atoms. The number of carboxylic acid groups (broad SMARTS) is 1. The average molecular weight is 199 g/mol. The van der Waals surface area contributed by atoms with Gasteiger partial charge in [0.2, 0.25) is 5.60 Å².